The lowest BCUT2D eigenvalue weighted by molar-refractivity contribution is 0.171. The van der Waals surface area contributed by atoms with E-state index in [2.05, 4.69) is 121 Å². The van der Waals surface area contributed by atoms with E-state index < -0.39 is 16.6 Å². The van der Waals surface area contributed by atoms with Gasteiger partial charge in [-0.25, -0.2) is 4.98 Å². The largest absolute Gasteiger partial charge is 0.414 e. The zero-order valence-corrected chi connectivity index (χ0v) is 27.3. The summed E-state index contributed by atoms with van der Waals surface area (Å²) >= 11 is 1.88. The van der Waals surface area contributed by atoms with Crippen molar-refractivity contribution in [1.82, 2.24) is 4.98 Å². The zero-order valence-electron chi connectivity index (χ0n) is 24.5. The lowest BCUT2D eigenvalue weighted by Gasteiger charge is -2.42. The molecule has 0 saturated heterocycles. The summed E-state index contributed by atoms with van der Waals surface area (Å²) in [6, 6.07) is 21.8. The topological polar surface area (TPSA) is 31.4 Å². The molecular formula is C32H45NO2SSi2. The third kappa shape index (κ3) is 4.92. The number of fused-ring (bicyclic) bond motifs is 1. The molecule has 1 aromatic heterocycles. The third-order valence-corrected chi connectivity index (χ3v) is 20.2. The number of aromatic nitrogens is 1. The van der Waals surface area contributed by atoms with Crippen LogP contribution in [0.1, 0.15) is 70.7 Å². The van der Waals surface area contributed by atoms with E-state index >= 15 is 0 Å². The first-order chi connectivity index (χ1) is 17.8. The van der Waals surface area contributed by atoms with E-state index in [9.17, 15) is 0 Å². The molecule has 2 aliphatic carbocycles. The Bertz CT molecular complexity index is 1210. The lowest BCUT2D eigenvalue weighted by Crippen LogP contribution is -2.66. The smallest absolute Gasteiger partial charge is 0.261 e. The Labute approximate surface area is 236 Å². The highest BCUT2D eigenvalue weighted by Crippen LogP contribution is 2.66. The van der Waals surface area contributed by atoms with Crippen LogP contribution in [0.25, 0.3) is 0 Å². The van der Waals surface area contributed by atoms with E-state index in [1.807, 2.05) is 11.3 Å². The van der Waals surface area contributed by atoms with Crippen molar-refractivity contribution >= 4 is 38.3 Å². The molecule has 3 unspecified atom stereocenters. The number of benzene rings is 2. The summed E-state index contributed by atoms with van der Waals surface area (Å²) in [6.07, 6.45) is 6.21. The van der Waals surface area contributed by atoms with Crippen LogP contribution in [-0.4, -0.2) is 27.7 Å². The van der Waals surface area contributed by atoms with Crippen LogP contribution < -0.4 is 10.4 Å². The van der Waals surface area contributed by atoms with Gasteiger partial charge in [0.05, 0.1) is 6.61 Å². The van der Waals surface area contributed by atoms with E-state index in [0.717, 1.165) is 17.3 Å². The molecule has 0 spiro atoms. The van der Waals surface area contributed by atoms with E-state index in [4.69, 9.17) is 13.8 Å². The maximum Gasteiger partial charge on any atom is 0.261 e. The minimum atomic E-state index is -2.57. The average molecular weight is 564 g/mol. The lowest BCUT2D eigenvalue weighted by atomic mass is 10.0. The van der Waals surface area contributed by atoms with Crippen molar-refractivity contribution in [2.45, 2.75) is 102 Å². The standard InChI is InChI=1S/C32H45NO2SSi2/c1-30(2,3)37(7,8)35-25-19-24-20-32(24,21-25)28-22-33-29(36-28)23-34-38(31(4,5)6,26-15-11-9-12-16-26)27-17-13-10-14-18-27/h9-18,22,24-25H,19-21,23H2,1-8H3. The first-order valence-electron chi connectivity index (χ1n) is 14.2. The SMILES string of the molecule is CC(C)(C)[Si](C)(C)OC1CC2CC2(c2cnc(CO[Si](c3ccccc3)(c3ccccc3)C(C)(C)C)s2)C1. The van der Waals surface area contributed by atoms with Gasteiger partial charge in [0.2, 0.25) is 0 Å². The Hall–Kier alpha value is -1.58. The zero-order chi connectivity index (χ0) is 27.4. The van der Waals surface area contributed by atoms with Crippen molar-refractivity contribution in [2.75, 3.05) is 0 Å². The summed E-state index contributed by atoms with van der Waals surface area (Å²) in [5, 5.41) is 3.95. The number of rotatable bonds is 8. The normalized spacial score (nSPS) is 23.9. The van der Waals surface area contributed by atoms with Gasteiger partial charge in [-0.1, -0.05) is 102 Å². The molecule has 3 aromatic rings. The van der Waals surface area contributed by atoms with Gasteiger partial charge < -0.3 is 8.85 Å². The first-order valence-corrected chi connectivity index (χ1v) is 19.8. The van der Waals surface area contributed by atoms with E-state index in [1.54, 1.807) is 0 Å². The van der Waals surface area contributed by atoms with Gasteiger partial charge in [0.15, 0.2) is 8.32 Å². The summed E-state index contributed by atoms with van der Waals surface area (Å²) < 4.78 is 14.0. The Morgan fingerprint density at radius 1 is 0.868 bits per heavy atom. The van der Waals surface area contributed by atoms with E-state index in [-0.39, 0.29) is 10.1 Å². The Balaban J connectivity index is 1.37. The van der Waals surface area contributed by atoms with Crippen molar-refractivity contribution in [3.63, 3.8) is 0 Å². The van der Waals surface area contributed by atoms with Crippen molar-refractivity contribution in [2.24, 2.45) is 5.92 Å². The van der Waals surface area contributed by atoms with Gasteiger partial charge in [0.1, 0.15) is 5.01 Å². The van der Waals surface area contributed by atoms with Crippen LogP contribution in [-0.2, 0) is 20.9 Å². The minimum Gasteiger partial charge on any atom is -0.414 e. The van der Waals surface area contributed by atoms with Crippen LogP contribution in [0.4, 0.5) is 0 Å². The van der Waals surface area contributed by atoms with Gasteiger partial charge in [-0.15, -0.1) is 11.3 Å². The molecule has 5 rings (SSSR count). The van der Waals surface area contributed by atoms with Gasteiger partial charge in [-0.2, -0.15) is 0 Å². The van der Waals surface area contributed by atoms with Gasteiger partial charge in [-0.3, -0.25) is 0 Å². The highest BCUT2D eigenvalue weighted by molar-refractivity contribution is 7.11. The Morgan fingerprint density at radius 3 is 1.97 bits per heavy atom. The Kier molecular flexibility index (Phi) is 7.22. The van der Waals surface area contributed by atoms with Crippen molar-refractivity contribution in [3.05, 3.63) is 76.7 Å². The van der Waals surface area contributed by atoms with Gasteiger partial charge in [-0.05, 0) is 58.7 Å². The molecule has 3 atom stereocenters. The number of hydrogen-bond acceptors (Lipinski definition) is 4. The van der Waals surface area contributed by atoms with Crippen molar-refractivity contribution in [3.8, 4) is 0 Å². The second kappa shape index (κ2) is 9.81. The number of hydrogen-bond donors (Lipinski definition) is 0. The van der Waals surface area contributed by atoms with Gasteiger partial charge in [0, 0.05) is 22.6 Å². The van der Waals surface area contributed by atoms with Gasteiger partial charge in [0.25, 0.3) is 8.32 Å². The minimum absolute atomic E-state index is 0.0319. The Morgan fingerprint density at radius 2 is 1.45 bits per heavy atom. The maximum absolute atomic E-state index is 7.17. The highest BCUT2D eigenvalue weighted by Gasteiger charge is 2.63. The van der Waals surface area contributed by atoms with Crippen molar-refractivity contribution in [1.29, 1.82) is 0 Å². The molecule has 2 aromatic carbocycles. The molecule has 0 bridgehead atoms. The first kappa shape index (κ1) is 28.0. The molecule has 0 aliphatic heterocycles. The number of nitrogens with zero attached hydrogens (tertiary/aromatic N) is 1. The molecule has 3 nitrogen and oxygen atoms in total. The fraction of sp³-hybridized carbons (Fsp3) is 0.531. The summed E-state index contributed by atoms with van der Waals surface area (Å²) in [5.74, 6) is 0.753. The van der Waals surface area contributed by atoms with E-state index in [1.165, 1.54) is 28.1 Å². The van der Waals surface area contributed by atoms with Crippen molar-refractivity contribution < 1.29 is 8.85 Å². The molecule has 2 saturated carbocycles. The maximum atomic E-state index is 7.17. The fourth-order valence-electron chi connectivity index (χ4n) is 6.37. The van der Waals surface area contributed by atoms with Gasteiger partial charge >= 0.3 is 0 Å². The summed E-state index contributed by atoms with van der Waals surface area (Å²) in [4.78, 5) is 6.38. The predicted octanol–water partition coefficient (Wildman–Crippen LogP) is 7.66. The van der Waals surface area contributed by atoms with Crippen LogP contribution in [0.15, 0.2) is 66.9 Å². The van der Waals surface area contributed by atoms with Crippen LogP contribution in [0.3, 0.4) is 0 Å². The third-order valence-electron chi connectivity index (χ3n) is 9.51. The van der Waals surface area contributed by atoms with E-state index in [0.29, 0.717) is 18.1 Å². The molecule has 0 N–H and O–H groups in total. The molecule has 2 fully saturated rings. The molecule has 204 valence electrons. The second-order valence-electron chi connectivity index (χ2n) is 14.1. The average Bonchev–Trinajstić information content (AvgIpc) is 3.16. The van der Waals surface area contributed by atoms with Crippen LogP contribution >= 0.6 is 11.3 Å². The summed E-state index contributed by atoms with van der Waals surface area (Å²) in [6.45, 7) is 19.4. The van der Waals surface area contributed by atoms with Crippen LogP contribution in [0, 0.1) is 5.92 Å². The highest BCUT2D eigenvalue weighted by atomic mass is 32.1. The molecular weight excluding hydrogens is 519 g/mol. The second-order valence-corrected chi connectivity index (χ2v) is 24.2. The molecule has 38 heavy (non-hydrogen) atoms. The fourth-order valence-corrected chi connectivity index (χ4v) is 13.5. The summed E-state index contributed by atoms with van der Waals surface area (Å²) in [7, 11) is -4.32. The number of thiazole rings is 1. The molecule has 6 heteroatoms. The quantitative estimate of drug-likeness (QED) is 0.264. The molecule has 2 aliphatic rings. The van der Waals surface area contributed by atoms with Crippen LogP contribution in [0.5, 0.6) is 0 Å². The predicted molar refractivity (Wildman–Crippen MR) is 166 cm³/mol. The molecule has 0 amide bonds. The monoisotopic (exact) mass is 563 g/mol. The molecule has 0 radical (unpaired) electrons. The molecule has 1 heterocycles. The van der Waals surface area contributed by atoms with Crippen LogP contribution in [0.2, 0.25) is 23.2 Å². The summed E-state index contributed by atoms with van der Waals surface area (Å²) in [5.41, 5.74) is 0.292.